The minimum atomic E-state index is 0.0336. The highest BCUT2D eigenvalue weighted by Gasteiger charge is 2.15. The third-order valence-corrected chi connectivity index (χ3v) is 3.65. The number of carbonyl (C=O) groups excluding carboxylic acids is 1. The van der Waals surface area contributed by atoms with Gasteiger partial charge < -0.3 is 15.4 Å². The van der Waals surface area contributed by atoms with Crippen molar-refractivity contribution in [3.8, 4) is 0 Å². The lowest BCUT2D eigenvalue weighted by Crippen LogP contribution is -2.32. The molecule has 122 valence electrons. The van der Waals surface area contributed by atoms with Crippen LogP contribution < -0.4 is 5.73 Å². The van der Waals surface area contributed by atoms with E-state index in [1.165, 1.54) is 0 Å². The summed E-state index contributed by atoms with van der Waals surface area (Å²) in [5.41, 5.74) is 8.48. The Kier molecular flexibility index (Phi) is 6.78. The molecule has 0 unspecified atom stereocenters. The number of nitrogens with zero attached hydrogens (tertiary/aromatic N) is 1. The Hall–Kier alpha value is -2.17. The van der Waals surface area contributed by atoms with E-state index in [-0.39, 0.29) is 5.91 Å². The first-order valence-corrected chi connectivity index (χ1v) is 7.85. The molecule has 4 nitrogen and oxygen atoms in total. The number of nitrogens with two attached hydrogens (primary N) is 1. The van der Waals surface area contributed by atoms with E-state index in [4.69, 9.17) is 10.5 Å². The SMILES string of the molecule is COCc1ccc(C(=O)N(CCCN)Cc2ccccc2)cc1. The highest BCUT2D eigenvalue weighted by Crippen LogP contribution is 2.12. The molecule has 23 heavy (non-hydrogen) atoms. The molecule has 2 N–H and O–H groups in total. The first-order valence-electron chi connectivity index (χ1n) is 7.85. The minimum Gasteiger partial charge on any atom is -0.380 e. The molecule has 0 bridgehead atoms. The van der Waals surface area contributed by atoms with Crippen molar-refractivity contribution in [2.24, 2.45) is 5.73 Å². The van der Waals surface area contributed by atoms with Gasteiger partial charge in [-0.05, 0) is 36.2 Å². The summed E-state index contributed by atoms with van der Waals surface area (Å²) in [6, 6.07) is 17.6. The summed E-state index contributed by atoms with van der Waals surface area (Å²) < 4.78 is 5.10. The largest absolute Gasteiger partial charge is 0.380 e. The highest BCUT2D eigenvalue weighted by molar-refractivity contribution is 5.94. The molecule has 0 spiro atoms. The molecule has 0 fully saturated rings. The van der Waals surface area contributed by atoms with E-state index < -0.39 is 0 Å². The van der Waals surface area contributed by atoms with Crippen molar-refractivity contribution < 1.29 is 9.53 Å². The lowest BCUT2D eigenvalue weighted by atomic mass is 10.1. The Morgan fingerprint density at radius 3 is 2.35 bits per heavy atom. The van der Waals surface area contributed by atoms with E-state index in [1.54, 1.807) is 7.11 Å². The Balaban J connectivity index is 2.11. The van der Waals surface area contributed by atoms with Crippen LogP contribution in [0.25, 0.3) is 0 Å². The topological polar surface area (TPSA) is 55.6 Å². The fourth-order valence-corrected chi connectivity index (χ4v) is 2.43. The molecule has 2 rings (SSSR count). The molecule has 0 atom stereocenters. The van der Waals surface area contributed by atoms with Crippen molar-refractivity contribution in [1.29, 1.82) is 0 Å². The summed E-state index contributed by atoms with van der Waals surface area (Å²) in [6.45, 7) is 2.38. The molecule has 0 radical (unpaired) electrons. The normalized spacial score (nSPS) is 10.5. The summed E-state index contributed by atoms with van der Waals surface area (Å²) in [4.78, 5) is 14.6. The van der Waals surface area contributed by atoms with E-state index in [1.807, 2.05) is 59.5 Å². The number of rotatable bonds is 8. The molecule has 0 saturated carbocycles. The van der Waals surface area contributed by atoms with Crippen LogP contribution in [-0.2, 0) is 17.9 Å². The predicted octanol–water partition coefficient (Wildman–Crippen LogP) is 2.82. The van der Waals surface area contributed by atoms with E-state index in [2.05, 4.69) is 0 Å². The van der Waals surface area contributed by atoms with Crippen molar-refractivity contribution in [3.05, 3.63) is 71.3 Å². The Bertz CT molecular complexity index is 597. The monoisotopic (exact) mass is 312 g/mol. The highest BCUT2D eigenvalue weighted by atomic mass is 16.5. The van der Waals surface area contributed by atoms with Gasteiger partial charge in [0.25, 0.3) is 5.91 Å². The number of benzene rings is 2. The van der Waals surface area contributed by atoms with Crippen LogP contribution >= 0.6 is 0 Å². The number of methoxy groups -OCH3 is 1. The second-order valence-electron chi connectivity index (χ2n) is 5.48. The number of amides is 1. The molecule has 2 aromatic rings. The smallest absolute Gasteiger partial charge is 0.254 e. The first-order chi connectivity index (χ1) is 11.2. The van der Waals surface area contributed by atoms with Crippen LogP contribution in [0.3, 0.4) is 0 Å². The minimum absolute atomic E-state index is 0.0336. The predicted molar refractivity (Wildman–Crippen MR) is 92.0 cm³/mol. The van der Waals surface area contributed by atoms with Gasteiger partial charge in [-0.3, -0.25) is 4.79 Å². The zero-order chi connectivity index (χ0) is 16.5. The third kappa shape index (κ3) is 5.20. The standard InChI is InChI=1S/C19H24N2O2/c1-23-15-17-8-10-18(11-9-17)19(22)21(13-5-12-20)14-16-6-3-2-4-7-16/h2-4,6-11H,5,12-15,20H2,1H3. The summed E-state index contributed by atoms with van der Waals surface area (Å²) in [5, 5.41) is 0. The molecule has 0 aliphatic heterocycles. The van der Waals surface area contributed by atoms with Crippen molar-refractivity contribution >= 4 is 5.91 Å². The molecule has 2 aromatic carbocycles. The average molecular weight is 312 g/mol. The van der Waals surface area contributed by atoms with Gasteiger partial charge in [0.1, 0.15) is 0 Å². The lowest BCUT2D eigenvalue weighted by Gasteiger charge is -2.23. The number of ether oxygens (including phenoxy) is 1. The summed E-state index contributed by atoms with van der Waals surface area (Å²) in [5.74, 6) is 0.0336. The molecule has 4 heteroatoms. The quantitative estimate of drug-likeness (QED) is 0.815. The van der Waals surface area contributed by atoms with Crippen LogP contribution in [0.1, 0.15) is 27.9 Å². The molecule has 0 aromatic heterocycles. The van der Waals surface area contributed by atoms with Gasteiger partial charge in [0, 0.05) is 25.8 Å². The number of hydrogen-bond acceptors (Lipinski definition) is 3. The molecule has 0 aliphatic rings. The van der Waals surface area contributed by atoms with Crippen molar-refractivity contribution in [3.63, 3.8) is 0 Å². The van der Waals surface area contributed by atoms with Gasteiger partial charge in [-0.2, -0.15) is 0 Å². The van der Waals surface area contributed by atoms with Crippen LogP contribution in [0.2, 0.25) is 0 Å². The zero-order valence-electron chi connectivity index (χ0n) is 13.6. The summed E-state index contributed by atoms with van der Waals surface area (Å²) in [6.07, 6.45) is 0.792. The van der Waals surface area contributed by atoms with Gasteiger partial charge in [-0.1, -0.05) is 42.5 Å². The van der Waals surface area contributed by atoms with E-state index in [0.29, 0.717) is 31.8 Å². The van der Waals surface area contributed by atoms with E-state index >= 15 is 0 Å². The van der Waals surface area contributed by atoms with Gasteiger partial charge in [-0.15, -0.1) is 0 Å². The van der Waals surface area contributed by atoms with Crippen LogP contribution in [0.5, 0.6) is 0 Å². The summed E-state index contributed by atoms with van der Waals surface area (Å²) in [7, 11) is 1.66. The van der Waals surface area contributed by atoms with Gasteiger partial charge >= 0.3 is 0 Å². The van der Waals surface area contributed by atoms with E-state index in [0.717, 1.165) is 17.5 Å². The Morgan fingerprint density at radius 1 is 1.04 bits per heavy atom. The number of carbonyl (C=O) groups is 1. The zero-order valence-corrected chi connectivity index (χ0v) is 13.6. The van der Waals surface area contributed by atoms with Crippen molar-refractivity contribution in [1.82, 2.24) is 4.90 Å². The van der Waals surface area contributed by atoms with Crippen molar-refractivity contribution in [2.75, 3.05) is 20.2 Å². The van der Waals surface area contributed by atoms with Gasteiger partial charge in [0.05, 0.1) is 6.61 Å². The maximum atomic E-state index is 12.8. The average Bonchev–Trinajstić information content (AvgIpc) is 2.60. The molecule has 0 heterocycles. The van der Waals surface area contributed by atoms with Gasteiger partial charge in [-0.25, -0.2) is 0 Å². The molecular weight excluding hydrogens is 288 g/mol. The second kappa shape index (κ2) is 9.08. The van der Waals surface area contributed by atoms with Gasteiger partial charge in [0.2, 0.25) is 0 Å². The Labute approximate surface area is 137 Å². The molecule has 0 aliphatic carbocycles. The fourth-order valence-electron chi connectivity index (χ4n) is 2.43. The third-order valence-electron chi connectivity index (χ3n) is 3.65. The van der Waals surface area contributed by atoms with Gasteiger partial charge in [0.15, 0.2) is 0 Å². The first kappa shape index (κ1) is 17.2. The molecular formula is C19H24N2O2. The summed E-state index contributed by atoms with van der Waals surface area (Å²) >= 11 is 0. The van der Waals surface area contributed by atoms with Crippen LogP contribution in [0.15, 0.2) is 54.6 Å². The lowest BCUT2D eigenvalue weighted by molar-refractivity contribution is 0.0742. The maximum absolute atomic E-state index is 12.8. The Morgan fingerprint density at radius 2 is 1.74 bits per heavy atom. The maximum Gasteiger partial charge on any atom is 0.254 e. The van der Waals surface area contributed by atoms with Crippen LogP contribution in [-0.4, -0.2) is 31.0 Å². The molecule has 0 saturated heterocycles. The van der Waals surface area contributed by atoms with Crippen LogP contribution in [0, 0.1) is 0 Å². The van der Waals surface area contributed by atoms with Crippen LogP contribution in [0.4, 0.5) is 0 Å². The fraction of sp³-hybridized carbons (Fsp3) is 0.316. The molecule has 1 amide bonds. The van der Waals surface area contributed by atoms with Crippen molar-refractivity contribution in [2.45, 2.75) is 19.6 Å². The number of hydrogen-bond donors (Lipinski definition) is 1. The van der Waals surface area contributed by atoms with E-state index in [9.17, 15) is 4.79 Å². The second-order valence-corrected chi connectivity index (χ2v) is 5.48.